The largest absolute Gasteiger partial charge is 0.379 e. The van der Waals surface area contributed by atoms with Crippen molar-refractivity contribution in [1.82, 2.24) is 10.6 Å². The van der Waals surface area contributed by atoms with E-state index in [-0.39, 0.29) is 0 Å². The summed E-state index contributed by atoms with van der Waals surface area (Å²) in [6.45, 7) is 14.0. The molecule has 0 fully saturated rings. The highest BCUT2D eigenvalue weighted by Crippen LogP contribution is 1.73. The number of hydrogen-bond donors (Lipinski definition) is 2. The fourth-order valence-corrected chi connectivity index (χ4v) is 0.869. The molecule has 2 N–H and O–H groups in total. The van der Waals surface area contributed by atoms with Crippen LogP contribution in [-0.4, -0.2) is 39.4 Å². The summed E-state index contributed by atoms with van der Waals surface area (Å²) in [7, 11) is 0. The van der Waals surface area contributed by atoms with Crippen LogP contribution in [0.25, 0.3) is 0 Å². The van der Waals surface area contributed by atoms with Crippen LogP contribution in [0.15, 0.2) is 0 Å². The molecule has 0 unspecified atom stereocenters. The van der Waals surface area contributed by atoms with Gasteiger partial charge in [0.2, 0.25) is 0 Å². The molecule has 0 saturated carbocycles. The molecular weight excluding hydrogens is 176 g/mol. The molecule has 88 valence electrons. The first kappa shape index (κ1) is 16.3. The quantitative estimate of drug-likeness (QED) is 0.560. The zero-order valence-electron chi connectivity index (χ0n) is 10.4. The average Bonchev–Trinajstić information content (AvgIpc) is 2.25. The average molecular weight is 204 g/mol. The van der Waals surface area contributed by atoms with E-state index in [1.54, 1.807) is 0 Å². The molecule has 0 bridgehead atoms. The number of hydrogen-bond acceptors (Lipinski definition) is 3. The molecule has 0 aromatic rings. The molecule has 14 heavy (non-hydrogen) atoms. The van der Waals surface area contributed by atoms with E-state index in [2.05, 4.69) is 24.5 Å². The van der Waals surface area contributed by atoms with Crippen molar-refractivity contribution in [3.05, 3.63) is 0 Å². The van der Waals surface area contributed by atoms with Gasteiger partial charge in [-0.1, -0.05) is 27.7 Å². The maximum Gasteiger partial charge on any atom is 0.0591 e. The first-order chi connectivity index (χ1) is 6.91. The van der Waals surface area contributed by atoms with Gasteiger partial charge in [-0.3, -0.25) is 0 Å². The molecule has 0 aliphatic carbocycles. The lowest BCUT2D eigenvalue weighted by atomic mass is 10.5. The van der Waals surface area contributed by atoms with Crippen molar-refractivity contribution in [3.8, 4) is 0 Å². The van der Waals surface area contributed by atoms with Crippen molar-refractivity contribution in [2.75, 3.05) is 39.4 Å². The summed E-state index contributed by atoms with van der Waals surface area (Å²) < 4.78 is 5.36. The van der Waals surface area contributed by atoms with E-state index in [9.17, 15) is 0 Å². The highest BCUT2D eigenvalue weighted by atomic mass is 16.5. The SMILES string of the molecule is CC.CCCNCCOCCNCC. The third-order valence-corrected chi connectivity index (χ3v) is 1.52. The van der Waals surface area contributed by atoms with E-state index in [1.807, 2.05) is 13.8 Å². The molecule has 3 heteroatoms. The summed E-state index contributed by atoms with van der Waals surface area (Å²) in [4.78, 5) is 0. The van der Waals surface area contributed by atoms with Crippen molar-refractivity contribution in [1.29, 1.82) is 0 Å². The van der Waals surface area contributed by atoms with E-state index >= 15 is 0 Å². The minimum atomic E-state index is 0.821. The fraction of sp³-hybridized carbons (Fsp3) is 1.00. The van der Waals surface area contributed by atoms with Crippen molar-refractivity contribution in [2.45, 2.75) is 34.1 Å². The predicted octanol–water partition coefficient (Wildman–Crippen LogP) is 1.64. The van der Waals surface area contributed by atoms with E-state index < -0.39 is 0 Å². The Balaban J connectivity index is 0. The summed E-state index contributed by atoms with van der Waals surface area (Å²) in [6.07, 6.45) is 1.19. The molecule has 0 amide bonds. The molecule has 0 radical (unpaired) electrons. The molecule has 0 aliphatic rings. The summed E-state index contributed by atoms with van der Waals surface area (Å²) >= 11 is 0. The normalized spacial score (nSPS) is 9.43. The van der Waals surface area contributed by atoms with Crippen molar-refractivity contribution in [3.63, 3.8) is 0 Å². The molecule has 0 aliphatic heterocycles. The smallest absolute Gasteiger partial charge is 0.0591 e. The number of rotatable bonds is 9. The van der Waals surface area contributed by atoms with Crippen LogP contribution in [0.1, 0.15) is 34.1 Å². The van der Waals surface area contributed by atoms with Crippen LogP contribution in [-0.2, 0) is 4.74 Å². The molecular formula is C11H28N2O. The van der Waals surface area contributed by atoms with Gasteiger partial charge in [-0.15, -0.1) is 0 Å². The van der Waals surface area contributed by atoms with Gasteiger partial charge in [0.25, 0.3) is 0 Å². The molecule has 0 aromatic heterocycles. The third kappa shape index (κ3) is 17.8. The second-order valence-corrected chi connectivity index (χ2v) is 2.72. The summed E-state index contributed by atoms with van der Waals surface area (Å²) in [5, 5.41) is 6.49. The van der Waals surface area contributed by atoms with Crippen molar-refractivity contribution in [2.24, 2.45) is 0 Å². The van der Waals surface area contributed by atoms with Gasteiger partial charge in [-0.05, 0) is 19.5 Å². The van der Waals surface area contributed by atoms with E-state index in [0.29, 0.717) is 0 Å². The van der Waals surface area contributed by atoms with Crippen molar-refractivity contribution >= 4 is 0 Å². The number of likely N-dealkylation sites (N-methyl/N-ethyl adjacent to an activating group) is 1. The van der Waals surface area contributed by atoms with Gasteiger partial charge in [-0.25, -0.2) is 0 Å². The predicted molar refractivity (Wildman–Crippen MR) is 63.9 cm³/mol. The minimum absolute atomic E-state index is 0.821. The van der Waals surface area contributed by atoms with Gasteiger partial charge in [0.1, 0.15) is 0 Å². The zero-order chi connectivity index (χ0) is 11.1. The van der Waals surface area contributed by atoms with E-state index in [0.717, 1.165) is 39.4 Å². The first-order valence-electron chi connectivity index (χ1n) is 5.91. The Hall–Kier alpha value is -0.120. The Kier molecular flexibility index (Phi) is 21.7. The highest BCUT2D eigenvalue weighted by molar-refractivity contribution is 4.44. The monoisotopic (exact) mass is 204 g/mol. The van der Waals surface area contributed by atoms with Crippen LogP contribution >= 0.6 is 0 Å². The van der Waals surface area contributed by atoms with Crippen LogP contribution in [0, 0.1) is 0 Å². The van der Waals surface area contributed by atoms with Gasteiger partial charge in [-0.2, -0.15) is 0 Å². The van der Waals surface area contributed by atoms with Crippen LogP contribution in [0.4, 0.5) is 0 Å². The Morgan fingerprint density at radius 3 is 1.93 bits per heavy atom. The molecule has 0 aromatic carbocycles. The second kappa shape index (κ2) is 18.6. The molecule has 0 spiro atoms. The summed E-state index contributed by atoms with van der Waals surface area (Å²) in [6, 6.07) is 0. The second-order valence-electron chi connectivity index (χ2n) is 2.72. The number of ether oxygens (including phenoxy) is 1. The Morgan fingerprint density at radius 2 is 1.43 bits per heavy atom. The Bertz CT molecular complexity index is 69.7. The lowest BCUT2D eigenvalue weighted by molar-refractivity contribution is 0.138. The van der Waals surface area contributed by atoms with Gasteiger partial charge in [0.15, 0.2) is 0 Å². The lowest BCUT2D eigenvalue weighted by Gasteiger charge is -2.05. The highest BCUT2D eigenvalue weighted by Gasteiger charge is 1.87. The molecule has 0 rings (SSSR count). The molecule has 0 saturated heterocycles. The van der Waals surface area contributed by atoms with Crippen LogP contribution in [0.3, 0.4) is 0 Å². The van der Waals surface area contributed by atoms with E-state index in [1.165, 1.54) is 6.42 Å². The van der Waals surface area contributed by atoms with Crippen molar-refractivity contribution < 1.29 is 4.74 Å². The maximum atomic E-state index is 5.36. The fourth-order valence-electron chi connectivity index (χ4n) is 0.869. The maximum absolute atomic E-state index is 5.36. The minimum Gasteiger partial charge on any atom is -0.379 e. The lowest BCUT2D eigenvalue weighted by Crippen LogP contribution is -2.23. The van der Waals surface area contributed by atoms with Crippen LogP contribution in [0.2, 0.25) is 0 Å². The van der Waals surface area contributed by atoms with Gasteiger partial charge >= 0.3 is 0 Å². The first-order valence-corrected chi connectivity index (χ1v) is 5.91. The molecule has 0 atom stereocenters. The van der Waals surface area contributed by atoms with E-state index in [4.69, 9.17) is 4.74 Å². The molecule has 3 nitrogen and oxygen atoms in total. The van der Waals surface area contributed by atoms with Gasteiger partial charge in [0.05, 0.1) is 13.2 Å². The third-order valence-electron chi connectivity index (χ3n) is 1.52. The molecule has 0 heterocycles. The Morgan fingerprint density at radius 1 is 0.857 bits per heavy atom. The Labute approximate surface area is 89.6 Å². The van der Waals surface area contributed by atoms with Gasteiger partial charge < -0.3 is 15.4 Å². The van der Waals surface area contributed by atoms with Crippen LogP contribution in [0.5, 0.6) is 0 Å². The van der Waals surface area contributed by atoms with Crippen LogP contribution < -0.4 is 10.6 Å². The summed E-state index contributed by atoms with van der Waals surface area (Å²) in [5.41, 5.74) is 0. The topological polar surface area (TPSA) is 33.3 Å². The number of nitrogens with one attached hydrogen (secondary N) is 2. The standard InChI is InChI=1S/C9H22N2O.C2H6/c1-3-5-11-7-9-12-8-6-10-4-2;1-2/h10-11H,3-9H2,1-2H3;1-2H3. The van der Waals surface area contributed by atoms with Gasteiger partial charge in [0, 0.05) is 13.1 Å². The zero-order valence-corrected chi connectivity index (χ0v) is 10.4. The summed E-state index contributed by atoms with van der Waals surface area (Å²) in [5.74, 6) is 0.